The van der Waals surface area contributed by atoms with Crippen LogP contribution in [0.1, 0.15) is 6.42 Å². The number of aromatic nitrogens is 1. The minimum atomic E-state index is -0.430. The summed E-state index contributed by atoms with van der Waals surface area (Å²) in [6.45, 7) is 0.877. The van der Waals surface area contributed by atoms with E-state index in [0.717, 1.165) is 9.60 Å². The van der Waals surface area contributed by atoms with E-state index in [1.54, 1.807) is 29.5 Å². The lowest BCUT2D eigenvalue weighted by Crippen LogP contribution is -2.19. The first-order valence-corrected chi connectivity index (χ1v) is 10.4. The summed E-state index contributed by atoms with van der Waals surface area (Å²) in [5, 5.41) is 11.1. The summed E-state index contributed by atoms with van der Waals surface area (Å²) in [5.41, 5.74) is 0.690. The van der Waals surface area contributed by atoms with Crippen molar-refractivity contribution in [2.75, 3.05) is 19.5 Å². The van der Waals surface area contributed by atoms with Gasteiger partial charge in [0.1, 0.15) is 0 Å². The van der Waals surface area contributed by atoms with E-state index in [9.17, 15) is 14.9 Å². The number of methoxy groups -OCH3 is 1. The molecule has 146 valence electrons. The number of nitro benzene ring substituents is 1. The van der Waals surface area contributed by atoms with Gasteiger partial charge in [0.25, 0.3) is 5.69 Å². The third-order valence-corrected chi connectivity index (χ3v) is 6.02. The van der Waals surface area contributed by atoms with E-state index in [2.05, 4.69) is 4.99 Å². The van der Waals surface area contributed by atoms with Crippen LogP contribution in [0.5, 0.6) is 0 Å². The third-order valence-electron chi connectivity index (χ3n) is 3.94. The first-order chi connectivity index (χ1) is 13.6. The third kappa shape index (κ3) is 5.06. The topological polar surface area (TPSA) is 86.7 Å². The predicted molar refractivity (Wildman–Crippen MR) is 111 cm³/mol. The van der Waals surface area contributed by atoms with Gasteiger partial charge in [-0.25, -0.2) is 0 Å². The van der Waals surface area contributed by atoms with Gasteiger partial charge in [0.15, 0.2) is 4.80 Å². The molecule has 0 bridgehead atoms. The first kappa shape index (κ1) is 20.2. The molecule has 0 aliphatic heterocycles. The number of nitrogens with zero attached hydrogens (tertiary/aromatic N) is 3. The maximum Gasteiger partial charge on any atom is 0.271 e. The van der Waals surface area contributed by atoms with Gasteiger partial charge in [0.05, 0.1) is 21.7 Å². The van der Waals surface area contributed by atoms with E-state index in [1.165, 1.54) is 23.5 Å². The Bertz CT molecular complexity index is 1040. The Kier molecular flexibility index (Phi) is 6.96. The van der Waals surface area contributed by atoms with Crippen LogP contribution < -0.4 is 4.80 Å². The van der Waals surface area contributed by atoms with Crippen LogP contribution in [0.15, 0.2) is 58.4 Å². The highest BCUT2D eigenvalue weighted by Gasteiger charge is 2.13. The zero-order valence-corrected chi connectivity index (χ0v) is 16.9. The molecule has 7 nitrogen and oxygen atoms in total. The molecule has 0 saturated carbocycles. The number of hydrogen-bond donors (Lipinski definition) is 0. The van der Waals surface area contributed by atoms with Gasteiger partial charge in [0.2, 0.25) is 5.91 Å². The number of thiazole rings is 1. The van der Waals surface area contributed by atoms with Gasteiger partial charge in [-0.2, -0.15) is 4.99 Å². The summed E-state index contributed by atoms with van der Waals surface area (Å²) in [4.78, 5) is 28.9. The molecule has 1 amide bonds. The van der Waals surface area contributed by atoms with E-state index in [4.69, 9.17) is 4.74 Å². The number of non-ortho nitro benzene ring substituents is 1. The Balaban J connectivity index is 1.83. The molecule has 1 heterocycles. The number of hydrogen-bond acceptors (Lipinski definition) is 6. The summed E-state index contributed by atoms with van der Waals surface area (Å²) in [7, 11) is 1.58. The number of carbonyl (C=O) groups is 1. The van der Waals surface area contributed by atoms with Crippen molar-refractivity contribution in [2.45, 2.75) is 17.9 Å². The standard InChI is InChI=1S/C19H19N3O4S2/c1-26-11-10-21-16-13-14(22(24)25)7-8-17(16)28-19(21)20-18(23)9-12-27-15-5-3-2-4-6-15/h2-8,13H,9-12H2,1H3. The molecule has 1 aromatic heterocycles. The maximum atomic E-state index is 12.4. The van der Waals surface area contributed by atoms with E-state index in [1.807, 2.05) is 30.3 Å². The molecule has 0 aliphatic carbocycles. The van der Waals surface area contributed by atoms with Gasteiger partial charge >= 0.3 is 0 Å². The summed E-state index contributed by atoms with van der Waals surface area (Å²) >= 11 is 2.95. The Morgan fingerprint density at radius 2 is 2.07 bits per heavy atom. The molecule has 0 aliphatic rings. The van der Waals surface area contributed by atoms with Gasteiger partial charge in [-0.15, -0.1) is 11.8 Å². The quantitative estimate of drug-likeness (QED) is 0.315. The van der Waals surface area contributed by atoms with Crippen molar-refractivity contribution in [3.05, 3.63) is 63.4 Å². The monoisotopic (exact) mass is 417 g/mol. The highest BCUT2D eigenvalue weighted by molar-refractivity contribution is 7.99. The van der Waals surface area contributed by atoms with E-state index >= 15 is 0 Å². The van der Waals surface area contributed by atoms with Crippen LogP contribution in [-0.2, 0) is 16.1 Å². The molecule has 9 heteroatoms. The fourth-order valence-electron chi connectivity index (χ4n) is 2.59. The number of nitro groups is 1. The minimum Gasteiger partial charge on any atom is -0.383 e. The Labute approximate surface area is 169 Å². The van der Waals surface area contributed by atoms with Crippen LogP contribution in [0.2, 0.25) is 0 Å². The molecule has 2 aromatic carbocycles. The molecule has 0 spiro atoms. The maximum absolute atomic E-state index is 12.4. The van der Waals surface area contributed by atoms with Crippen molar-refractivity contribution >= 4 is 44.9 Å². The van der Waals surface area contributed by atoms with Crippen LogP contribution in [0, 0.1) is 10.1 Å². The number of carbonyl (C=O) groups excluding carboxylic acids is 1. The SMILES string of the molecule is COCCn1c(=NC(=O)CCSc2ccccc2)sc2ccc([N+](=O)[O-])cc21. The Morgan fingerprint density at radius 3 is 2.79 bits per heavy atom. The second kappa shape index (κ2) is 9.63. The molecular formula is C19H19N3O4S2. The second-order valence-electron chi connectivity index (χ2n) is 5.86. The van der Waals surface area contributed by atoms with E-state index < -0.39 is 4.92 Å². The minimum absolute atomic E-state index is 0.00797. The molecule has 0 N–H and O–H groups in total. The number of ether oxygens (including phenoxy) is 1. The summed E-state index contributed by atoms with van der Waals surface area (Å²) in [6, 6.07) is 14.5. The smallest absolute Gasteiger partial charge is 0.271 e. The van der Waals surface area contributed by atoms with Crippen molar-refractivity contribution in [1.82, 2.24) is 4.57 Å². The average molecular weight is 418 g/mol. The fourth-order valence-corrected chi connectivity index (χ4v) is 4.51. The molecule has 0 fully saturated rings. The van der Waals surface area contributed by atoms with Crippen LogP contribution in [0.25, 0.3) is 10.2 Å². The molecular weight excluding hydrogens is 398 g/mol. The fraction of sp³-hybridized carbons (Fsp3) is 0.263. The lowest BCUT2D eigenvalue weighted by molar-refractivity contribution is -0.384. The molecule has 0 saturated heterocycles. The number of rotatable bonds is 8. The van der Waals surface area contributed by atoms with Crippen molar-refractivity contribution in [1.29, 1.82) is 0 Å². The van der Waals surface area contributed by atoms with Gasteiger partial charge in [-0.05, 0) is 18.2 Å². The number of thioether (sulfide) groups is 1. The molecule has 0 radical (unpaired) electrons. The summed E-state index contributed by atoms with van der Waals surface area (Å²) in [5.74, 6) is 0.427. The number of amides is 1. The normalized spacial score (nSPS) is 11.8. The van der Waals surface area contributed by atoms with Gasteiger partial charge in [-0.3, -0.25) is 14.9 Å². The highest BCUT2D eigenvalue weighted by Crippen LogP contribution is 2.23. The zero-order valence-electron chi connectivity index (χ0n) is 15.2. The van der Waals surface area contributed by atoms with Gasteiger partial charge in [0, 0.05) is 42.9 Å². The molecule has 0 unspecified atom stereocenters. The van der Waals surface area contributed by atoms with Crippen molar-refractivity contribution in [3.8, 4) is 0 Å². The average Bonchev–Trinajstić information content (AvgIpc) is 3.03. The van der Waals surface area contributed by atoms with Crippen molar-refractivity contribution < 1.29 is 14.5 Å². The van der Waals surface area contributed by atoms with Crippen LogP contribution in [0.4, 0.5) is 5.69 Å². The van der Waals surface area contributed by atoms with Crippen molar-refractivity contribution in [3.63, 3.8) is 0 Å². The Hall–Kier alpha value is -2.49. The Morgan fingerprint density at radius 1 is 1.29 bits per heavy atom. The molecule has 3 aromatic rings. The number of fused-ring (bicyclic) bond motifs is 1. The molecule has 3 rings (SSSR count). The molecule has 28 heavy (non-hydrogen) atoms. The van der Waals surface area contributed by atoms with Crippen LogP contribution in [-0.4, -0.2) is 34.9 Å². The largest absolute Gasteiger partial charge is 0.383 e. The lowest BCUT2D eigenvalue weighted by atomic mass is 10.3. The zero-order chi connectivity index (χ0) is 19.9. The van der Waals surface area contributed by atoms with Crippen LogP contribution in [0.3, 0.4) is 0 Å². The summed E-state index contributed by atoms with van der Waals surface area (Å²) < 4.78 is 7.78. The highest BCUT2D eigenvalue weighted by atomic mass is 32.2. The first-order valence-electron chi connectivity index (χ1n) is 8.60. The summed E-state index contributed by atoms with van der Waals surface area (Å²) in [6.07, 6.45) is 0.318. The van der Waals surface area contributed by atoms with Crippen molar-refractivity contribution in [2.24, 2.45) is 4.99 Å². The van der Waals surface area contributed by atoms with Gasteiger partial charge in [-0.1, -0.05) is 29.5 Å². The predicted octanol–water partition coefficient (Wildman–Crippen LogP) is 3.87. The van der Waals surface area contributed by atoms with E-state index in [-0.39, 0.29) is 11.6 Å². The molecule has 0 atom stereocenters. The van der Waals surface area contributed by atoms with Crippen LogP contribution >= 0.6 is 23.1 Å². The second-order valence-corrected chi connectivity index (χ2v) is 8.03. The number of benzene rings is 2. The lowest BCUT2D eigenvalue weighted by Gasteiger charge is -2.04. The van der Waals surface area contributed by atoms with E-state index in [0.29, 0.717) is 35.6 Å². The van der Waals surface area contributed by atoms with Gasteiger partial charge < -0.3 is 9.30 Å².